The molecule has 2 aromatic heterocycles. The fourth-order valence-electron chi connectivity index (χ4n) is 5.31. The molecule has 9 N–H and O–H groups in total. The third kappa shape index (κ3) is 12.2. The first-order valence-electron chi connectivity index (χ1n) is 15.2. The topological polar surface area (TPSA) is 283 Å². The van der Waals surface area contributed by atoms with Crippen LogP contribution in [0.15, 0.2) is 18.3 Å². The standard InChI is InChI=1S/C24H30FN7O3S2.C6H8O7.H2O/c1-31(2)24(35)13-4-6-15(28-22(36)20(33)30-19-7-5-14(25)11-26-19)17(10-13)27-21(34)23-29-16-8-9-32(3)12-18(16)37-23;7-3(8)1-6(13,5(11)12)2-4(9)10;/h5,7,11,13,15,17H,4,6,8-10,12H2,1-3H3,(H,27,34)(H,28,36)(H,26,30,33);13H,1-2H2,(H,7,8)(H,9,10)(H,11,12);1H2/t13-,15-,17+;;/m0../s1. The van der Waals surface area contributed by atoms with E-state index in [0.29, 0.717) is 24.3 Å². The third-order valence-corrected chi connectivity index (χ3v) is 9.23. The summed E-state index contributed by atoms with van der Waals surface area (Å²) in [4.78, 5) is 82.1. The average Bonchev–Trinajstić information content (AvgIpc) is 3.45. The average molecular weight is 758 g/mol. The highest BCUT2D eigenvalue weighted by atomic mass is 32.1. The quantitative estimate of drug-likeness (QED) is 0.151. The minimum atomic E-state index is -2.74. The molecule has 1 aliphatic heterocycles. The summed E-state index contributed by atoms with van der Waals surface area (Å²) in [5, 5.41) is 42.8. The van der Waals surface area contributed by atoms with Gasteiger partial charge in [-0.05, 0) is 38.4 Å². The van der Waals surface area contributed by atoms with Crippen LogP contribution in [-0.2, 0) is 36.9 Å². The van der Waals surface area contributed by atoms with Crippen molar-refractivity contribution in [3.63, 3.8) is 0 Å². The predicted octanol–water partition coefficient (Wildman–Crippen LogP) is -0.497. The van der Waals surface area contributed by atoms with Gasteiger partial charge in [0.15, 0.2) is 15.6 Å². The number of halogens is 1. The van der Waals surface area contributed by atoms with Crippen LogP contribution in [0.2, 0.25) is 0 Å². The largest absolute Gasteiger partial charge is 0.481 e. The molecule has 0 bridgehead atoms. The number of hydrogen-bond donors (Lipinski definition) is 7. The van der Waals surface area contributed by atoms with Gasteiger partial charge in [-0.2, -0.15) is 0 Å². The van der Waals surface area contributed by atoms with Crippen LogP contribution in [0.5, 0.6) is 0 Å². The van der Waals surface area contributed by atoms with Gasteiger partial charge in [-0.15, -0.1) is 11.3 Å². The number of rotatable bonds is 10. The molecule has 0 unspecified atom stereocenters. The zero-order valence-corrected chi connectivity index (χ0v) is 29.5. The van der Waals surface area contributed by atoms with Gasteiger partial charge in [-0.1, -0.05) is 12.2 Å². The number of carbonyl (C=O) groups excluding carboxylic acids is 3. The van der Waals surface area contributed by atoms with Crippen molar-refractivity contribution in [2.24, 2.45) is 5.92 Å². The zero-order chi connectivity index (χ0) is 37.3. The molecule has 2 aromatic rings. The van der Waals surface area contributed by atoms with Crippen molar-refractivity contribution in [3.05, 3.63) is 39.7 Å². The lowest BCUT2D eigenvalue weighted by atomic mass is 9.81. The molecule has 4 rings (SSSR count). The van der Waals surface area contributed by atoms with Gasteiger partial charge in [0.05, 0.1) is 30.8 Å². The molecule has 1 fully saturated rings. The molecule has 18 nitrogen and oxygen atoms in total. The smallest absolute Gasteiger partial charge is 0.336 e. The Morgan fingerprint density at radius 2 is 1.71 bits per heavy atom. The number of carboxylic acids is 3. The Bertz CT molecular complexity index is 1610. The predicted molar refractivity (Wildman–Crippen MR) is 182 cm³/mol. The molecule has 1 aliphatic carbocycles. The van der Waals surface area contributed by atoms with E-state index < -0.39 is 54.1 Å². The maximum absolute atomic E-state index is 13.2. The van der Waals surface area contributed by atoms with E-state index in [9.17, 15) is 33.2 Å². The van der Waals surface area contributed by atoms with Crippen LogP contribution in [0.3, 0.4) is 0 Å². The number of amides is 3. The summed E-state index contributed by atoms with van der Waals surface area (Å²) in [6, 6.07) is 1.70. The van der Waals surface area contributed by atoms with Crippen molar-refractivity contribution in [1.29, 1.82) is 0 Å². The number of likely N-dealkylation sites (N-methyl/N-ethyl adjacent to an activating group) is 1. The van der Waals surface area contributed by atoms with Crippen molar-refractivity contribution in [2.75, 3.05) is 33.0 Å². The minimum Gasteiger partial charge on any atom is -0.481 e. The molecule has 0 saturated heterocycles. The normalized spacial score (nSPS) is 18.3. The number of pyridine rings is 1. The summed E-state index contributed by atoms with van der Waals surface area (Å²) in [7, 11) is 5.45. The fourth-order valence-corrected chi connectivity index (χ4v) is 6.61. The van der Waals surface area contributed by atoms with Gasteiger partial charge >= 0.3 is 17.9 Å². The molecule has 51 heavy (non-hydrogen) atoms. The van der Waals surface area contributed by atoms with E-state index in [1.807, 2.05) is 7.05 Å². The third-order valence-electron chi connectivity index (χ3n) is 7.85. The number of anilines is 1. The van der Waals surface area contributed by atoms with Crippen LogP contribution in [0.1, 0.15) is 52.5 Å². The Morgan fingerprint density at radius 3 is 2.25 bits per heavy atom. The van der Waals surface area contributed by atoms with Gasteiger partial charge in [-0.25, -0.2) is 19.2 Å². The van der Waals surface area contributed by atoms with Crippen LogP contribution in [0.25, 0.3) is 0 Å². The van der Waals surface area contributed by atoms with Crippen molar-refractivity contribution in [1.82, 2.24) is 30.4 Å². The van der Waals surface area contributed by atoms with E-state index >= 15 is 0 Å². The van der Waals surface area contributed by atoms with E-state index in [0.717, 1.165) is 36.3 Å². The molecule has 0 spiro atoms. The molecular weight excluding hydrogens is 718 g/mol. The summed E-state index contributed by atoms with van der Waals surface area (Å²) < 4.78 is 13.1. The van der Waals surface area contributed by atoms with E-state index in [1.54, 1.807) is 19.0 Å². The minimum absolute atomic E-state index is 0. The monoisotopic (exact) mass is 757 g/mol. The first kappa shape index (κ1) is 42.5. The second-order valence-electron chi connectivity index (χ2n) is 12.1. The maximum Gasteiger partial charge on any atom is 0.336 e. The highest BCUT2D eigenvalue weighted by molar-refractivity contribution is 7.82. The Morgan fingerprint density at radius 1 is 1.06 bits per heavy atom. The fraction of sp³-hybridized carbons (Fsp3) is 0.500. The number of carboxylic acid groups (broad SMARTS) is 3. The van der Waals surface area contributed by atoms with Crippen molar-refractivity contribution in [2.45, 2.75) is 62.8 Å². The summed E-state index contributed by atoms with van der Waals surface area (Å²) in [6.07, 6.45) is 1.02. The number of aliphatic hydroxyl groups is 1. The number of nitrogens with zero attached hydrogens (tertiary/aromatic N) is 4. The molecule has 21 heteroatoms. The summed E-state index contributed by atoms with van der Waals surface area (Å²) in [5.74, 6) is -6.54. The number of carbonyl (C=O) groups is 6. The van der Waals surface area contributed by atoms with Crippen molar-refractivity contribution in [3.8, 4) is 0 Å². The van der Waals surface area contributed by atoms with Crippen LogP contribution in [-0.4, -0.2) is 132 Å². The lowest BCUT2D eigenvalue weighted by Crippen LogP contribution is -2.56. The van der Waals surface area contributed by atoms with Gasteiger partial charge in [0.1, 0.15) is 11.6 Å². The van der Waals surface area contributed by atoms with Gasteiger partial charge in [0.25, 0.3) is 11.8 Å². The van der Waals surface area contributed by atoms with Crippen LogP contribution in [0, 0.1) is 11.7 Å². The SMILES string of the molecule is CN1CCc2nc(C(=O)N[C@@H]3C[C@@H](C(=O)N(C)C)CC[C@@H]3NC(=S)C(=O)Nc3ccc(F)cn3)sc2C1.O.O=C(O)CC(O)(CC(=O)O)C(=O)O. The number of hydrogen-bond acceptors (Lipinski definition) is 12. The van der Waals surface area contributed by atoms with Gasteiger partial charge in [-0.3, -0.25) is 24.0 Å². The summed E-state index contributed by atoms with van der Waals surface area (Å²) in [6.45, 7) is 1.66. The second-order valence-corrected chi connectivity index (χ2v) is 13.6. The van der Waals surface area contributed by atoms with E-state index in [4.69, 9.17) is 32.6 Å². The molecule has 2 aliphatic rings. The number of fused-ring (bicyclic) bond motifs is 1. The number of aliphatic carboxylic acids is 3. The number of thiazole rings is 1. The van der Waals surface area contributed by atoms with Crippen LogP contribution < -0.4 is 16.0 Å². The number of aromatic nitrogens is 2. The molecule has 3 atom stereocenters. The number of nitrogens with one attached hydrogen (secondary N) is 3. The Hall–Kier alpha value is -4.70. The van der Waals surface area contributed by atoms with Gasteiger partial charge < -0.3 is 51.7 Å². The highest BCUT2D eigenvalue weighted by Crippen LogP contribution is 2.28. The van der Waals surface area contributed by atoms with Crippen molar-refractivity contribution < 1.29 is 59.1 Å². The first-order valence-corrected chi connectivity index (χ1v) is 16.4. The van der Waals surface area contributed by atoms with E-state index in [1.165, 1.54) is 23.5 Å². The Kier molecular flexibility index (Phi) is 15.4. The second kappa shape index (κ2) is 18.5. The van der Waals surface area contributed by atoms with Gasteiger partial charge in [0, 0.05) is 50.4 Å². The maximum atomic E-state index is 13.2. The molecule has 0 radical (unpaired) electrons. The molecule has 3 amide bonds. The Labute approximate surface area is 300 Å². The zero-order valence-electron chi connectivity index (χ0n) is 27.8. The highest BCUT2D eigenvalue weighted by Gasteiger charge is 2.41. The number of thiocarbonyl (C=S) groups is 1. The van der Waals surface area contributed by atoms with Crippen LogP contribution >= 0.6 is 23.6 Å². The molecule has 0 aromatic carbocycles. The summed E-state index contributed by atoms with van der Waals surface area (Å²) >= 11 is 6.69. The lowest BCUT2D eigenvalue weighted by Gasteiger charge is -2.37. The first-order chi connectivity index (χ1) is 23.4. The van der Waals surface area contributed by atoms with Crippen LogP contribution in [0.4, 0.5) is 10.2 Å². The molecule has 280 valence electrons. The van der Waals surface area contributed by atoms with E-state index in [2.05, 4.69) is 30.8 Å². The van der Waals surface area contributed by atoms with E-state index in [-0.39, 0.29) is 40.1 Å². The Balaban J connectivity index is 0.000000550. The molecule has 1 saturated carbocycles. The molecule has 3 heterocycles. The van der Waals surface area contributed by atoms with Crippen molar-refractivity contribution >= 4 is 70.0 Å². The van der Waals surface area contributed by atoms with Gasteiger partial charge in [0.2, 0.25) is 5.91 Å². The summed E-state index contributed by atoms with van der Waals surface area (Å²) in [5.41, 5.74) is -1.78. The lowest BCUT2D eigenvalue weighted by molar-refractivity contribution is -0.170. The molecular formula is C30H40FN7O11S2.